The lowest BCUT2D eigenvalue weighted by atomic mass is 10.1. The number of halogens is 3. The topological polar surface area (TPSA) is 78.0 Å². The van der Waals surface area contributed by atoms with Crippen molar-refractivity contribution >= 4 is 23.6 Å². The van der Waals surface area contributed by atoms with Crippen LogP contribution in [0.4, 0.5) is 13.2 Å². The largest absolute Gasteiger partial charge is 0.471 e. The van der Waals surface area contributed by atoms with Crippen molar-refractivity contribution < 1.29 is 32.3 Å². The van der Waals surface area contributed by atoms with Crippen LogP contribution in [0.25, 0.3) is 0 Å². The van der Waals surface area contributed by atoms with Crippen molar-refractivity contribution in [2.24, 2.45) is 0 Å². The van der Waals surface area contributed by atoms with Gasteiger partial charge in [-0.1, -0.05) is 12.1 Å². The average Bonchev–Trinajstić information content (AvgIpc) is 2.83. The van der Waals surface area contributed by atoms with Gasteiger partial charge in [-0.25, -0.2) is 0 Å². The van der Waals surface area contributed by atoms with Crippen LogP contribution in [0, 0.1) is 0 Å². The lowest BCUT2D eigenvalue weighted by Crippen LogP contribution is -2.43. The highest BCUT2D eigenvalue weighted by molar-refractivity contribution is 6.21. The number of benzene rings is 1. The fourth-order valence-electron chi connectivity index (χ4n) is 3.36. The number of amides is 4. The number of hydrogen-bond acceptors (Lipinski definition) is 4. The molecule has 2 aliphatic rings. The Bertz CT molecular complexity index is 790. The molecule has 1 saturated heterocycles. The van der Waals surface area contributed by atoms with Gasteiger partial charge in [-0.05, 0) is 18.6 Å². The lowest BCUT2D eigenvalue weighted by Gasteiger charge is -2.23. The molecule has 2 heterocycles. The first-order valence-corrected chi connectivity index (χ1v) is 8.79. The van der Waals surface area contributed by atoms with Crippen LogP contribution in [-0.4, -0.2) is 77.2 Å². The Hall–Kier alpha value is -2.91. The molecule has 2 aliphatic heterocycles. The molecule has 3 rings (SSSR count). The van der Waals surface area contributed by atoms with Crippen molar-refractivity contribution in [3.63, 3.8) is 0 Å². The predicted octanol–water partition coefficient (Wildman–Crippen LogP) is 1.30. The maximum atomic E-state index is 12.6. The normalized spacial score (nSPS) is 17.6. The molecular formula is C18H18F3N3O4. The molecule has 0 radical (unpaired) electrons. The van der Waals surface area contributed by atoms with Crippen molar-refractivity contribution in [1.82, 2.24) is 14.7 Å². The third-order valence-electron chi connectivity index (χ3n) is 4.81. The summed E-state index contributed by atoms with van der Waals surface area (Å²) in [4.78, 5) is 51.4. The molecule has 0 bridgehead atoms. The van der Waals surface area contributed by atoms with Crippen molar-refractivity contribution in [1.29, 1.82) is 0 Å². The van der Waals surface area contributed by atoms with Crippen molar-refractivity contribution in [2.45, 2.75) is 19.0 Å². The third-order valence-corrected chi connectivity index (χ3v) is 4.81. The van der Waals surface area contributed by atoms with E-state index in [2.05, 4.69) is 0 Å². The van der Waals surface area contributed by atoms with Gasteiger partial charge in [-0.3, -0.25) is 24.1 Å². The van der Waals surface area contributed by atoms with E-state index < -0.39 is 23.9 Å². The van der Waals surface area contributed by atoms with Crippen LogP contribution < -0.4 is 0 Å². The van der Waals surface area contributed by atoms with Crippen molar-refractivity contribution in [3.05, 3.63) is 35.4 Å². The second-order valence-electron chi connectivity index (χ2n) is 6.58. The highest BCUT2D eigenvalue weighted by Gasteiger charge is 2.43. The van der Waals surface area contributed by atoms with E-state index in [0.717, 1.165) is 4.90 Å². The summed E-state index contributed by atoms with van der Waals surface area (Å²) in [6, 6.07) is 6.37. The maximum absolute atomic E-state index is 12.6. The van der Waals surface area contributed by atoms with Gasteiger partial charge in [0.25, 0.3) is 11.8 Å². The van der Waals surface area contributed by atoms with Crippen LogP contribution >= 0.6 is 0 Å². The first kappa shape index (κ1) is 19.8. The number of rotatable bonds is 3. The van der Waals surface area contributed by atoms with E-state index in [0.29, 0.717) is 4.90 Å². The minimum Gasteiger partial charge on any atom is -0.341 e. The number of hydrogen-bond donors (Lipinski definition) is 0. The van der Waals surface area contributed by atoms with Crippen LogP contribution in [0.2, 0.25) is 0 Å². The molecule has 0 N–H and O–H groups in total. The minimum absolute atomic E-state index is 0.0250. The van der Waals surface area contributed by atoms with Gasteiger partial charge >= 0.3 is 12.1 Å². The van der Waals surface area contributed by atoms with Crippen LogP contribution in [0.1, 0.15) is 33.6 Å². The molecule has 0 atom stereocenters. The first-order valence-electron chi connectivity index (χ1n) is 8.79. The number of carbonyl (C=O) groups excluding carboxylic acids is 4. The predicted molar refractivity (Wildman–Crippen MR) is 90.3 cm³/mol. The highest BCUT2D eigenvalue weighted by atomic mass is 19.4. The summed E-state index contributed by atoms with van der Waals surface area (Å²) in [7, 11) is 0. The third kappa shape index (κ3) is 3.85. The van der Waals surface area contributed by atoms with Gasteiger partial charge in [0.15, 0.2) is 0 Å². The van der Waals surface area contributed by atoms with Gasteiger partial charge in [-0.2, -0.15) is 13.2 Å². The van der Waals surface area contributed by atoms with Crippen LogP contribution in [-0.2, 0) is 9.59 Å². The van der Waals surface area contributed by atoms with Gasteiger partial charge in [0.2, 0.25) is 5.91 Å². The van der Waals surface area contributed by atoms with Gasteiger partial charge < -0.3 is 9.80 Å². The van der Waals surface area contributed by atoms with E-state index in [-0.39, 0.29) is 62.6 Å². The highest BCUT2D eigenvalue weighted by Crippen LogP contribution is 2.23. The summed E-state index contributed by atoms with van der Waals surface area (Å²) < 4.78 is 37.7. The lowest BCUT2D eigenvalue weighted by molar-refractivity contribution is -0.185. The molecule has 150 valence electrons. The Morgan fingerprint density at radius 3 is 2.00 bits per heavy atom. The van der Waals surface area contributed by atoms with E-state index in [1.165, 1.54) is 4.90 Å². The Balaban J connectivity index is 1.56. The molecule has 10 heteroatoms. The molecular weight excluding hydrogens is 379 g/mol. The first-order chi connectivity index (χ1) is 13.2. The van der Waals surface area contributed by atoms with Crippen molar-refractivity contribution in [2.75, 3.05) is 32.7 Å². The quantitative estimate of drug-likeness (QED) is 0.721. The van der Waals surface area contributed by atoms with E-state index in [1.807, 2.05) is 0 Å². The Morgan fingerprint density at radius 1 is 0.893 bits per heavy atom. The molecule has 1 aromatic rings. The number of carbonyl (C=O) groups is 4. The average molecular weight is 397 g/mol. The Kier molecular flexibility index (Phi) is 5.39. The van der Waals surface area contributed by atoms with Gasteiger partial charge in [-0.15, -0.1) is 0 Å². The van der Waals surface area contributed by atoms with Gasteiger partial charge in [0.1, 0.15) is 0 Å². The van der Waals surface area contributed by atoms with E-state index >= 15 is 0 Å². The molecule has 7 nitrogen and oxygen atoms in total. The van der Waals surface area contributed by atoms with Crippen LogP contribution in [0.15, 0.2) is 24.3 Å². The van der Waals surface area contributed by atoms with Crippen LogP contribution in [0.5, 0.6) is 0 Å². The van der Waals surface area contributed by atoms with Gasteiger partial charge in [0, 0.05) is 39.1 Å². The Labute approximate surface area is 158 Å². The standard InChI is InChI=1S/C18H18F3N3O4/c19-18(20,21)17(28)23-8-3-7-22(10-11-23)14(25)6-9-24-15(26)12-4-1-2-5-13(12)16(24)27/h1-2,4-5H,3,6-11H2. The molecule has 1 aromatic carbocycles. The number of fused-ring (bicyclic) bond motifs is 1. The molecule has 0 spiro atoms. The SMILES string of the molecule is O=C(CCN1C(=O)c2ccccc2C1=O)N1CCCN(C(=O)C(F)(F)F)CC1. The summed E-state index contributed by atoms with van der Waals surface area (Å²) in [6.07, 6.45) is -4.84. The molecule has 28 heavy (non-hydrogen) atoms. The zero-order chi connectivity index (χ0) is 20.5. The van der Waals surface area contributed by atoms with E-state index in [1.54, 1.807) is 24.3 Å². The summed E-state index contributed by atoms with van der Waals surface area (Å²) in [6.45, 7) is -0.212. The summed E-state index contributed by atoms with van der Waals surface area (Å²) in [5.74, 6) is -3.22. The second-order valence-corrected chi connectivity index (χ2v) is 6.58. The fraction of sp³-hybridized carbons (Fsp3) is 0.444. The monoisotopic (exact) mass is 397 g/mol. The summed E-state index contributed by atoms with van der Waals surface area (Å²) >= 11 is 0. The second kappa shape index (κ2) is 7.61. The number of nitrogens with zero attached hydrogens (tertiary/aromatic N) is 3. The molecule has 0 saturated carbocycles. The molecule has 0 aliphatic carbocycles. The fourth-order valence-corrected chi connectivity index (χ4v) is 3.36. The zero-order valence-corrected chi connectivity index (χ0v) is 14.9. The molecule has 0 unspecified atom stereocenters. The molecule has 1 fully saturated rings. The van der Waals surface area contributed by atoms with Gasteiger partial charge in [0.05, 0.1) is 11.1 Å². The molecule has 0 aromatic heterocycles. The van der Waals surface area contributed by atoms with Crippen molar-refractivity contribution in [3.8, 4) is 0 Å². The van der Waals surface area contributed by atoms with E-state index in [9.17, 15) is 32.3 Å². The van der Waals surface area contributed by atoms with E-state index in [4.69, 9.17) is 0 Å². The van der Waals surface area contributed by atoms with Crippen LogP contribution in [0.3, 0.4) is 0 Å². The smallest absolute Gasteiger partial charge is 0.341 e. The zero-order valence-electron chi connectivity index (χ0n) is 14.9. The molecule has 4 amide bonds. The summed E-state index contributed by atoms with van der Waals surface area (Å²) in [5, 5.41) is 0. The minimum atomic E-state index is -4.94. The Morgan fingerprint density at radius 2 is 1.43 bits per heavy atom. The number of imide groups is 1. The number of alkyl halides is 3. The summed E-state index contributed by atoms with van der Waals surface area (Å²) in [5.41, 5.74) is 0.576. The maximum Gasteiger partial charge on any atom is 0.471 e.